The fraction of sp³-hybridized carbons (Fsp3) is 0.582. The zero-order chi connectivity index (χ0) is 46.8. The van der Waals surface area contributed by atoms with Gasteiger partial charge in [0.15, 0.2) is 17.3 Å². The van der Waals surface area contributed by atoms with E-state index < -0.39 is 0 Å². The molecule has 61 heavy (non-hydrogen) atoms. The van der Waals surface area contributed by atoms with Crippen molar-refractivity contribution in [3.8, 4) is 0 Å². The minimum absolute atomic E-state index is 0.0691. The van der Waals surface area contributed by atoms with Crippen LogP contribution in [0.1, 0.15) is 159 Å². The average Bonchev–Trinajstić information content (AvgIpc) is 3.51. The van der Waals surface area contributed by atoms with Gasteiger partial charge in [0, 0.05) is 32.9 Å². The second-order valence-corrected chi connectivity index (χ2v) is 23.4. The van der Waals surface area contributed by atoms with Gasteiger partial charge in [-0.2, -0.15) is 0 Å². The molecule has 6 heteroatoms. The van der Waals surface area contributed by atoms with Crippen molar-refractivity contribution in [1.82, 2.24) is 16.0 Å². The van der Waals surface area contributed by atoms with Crippen molar-refractivity contribution in [3.63, 3.8) is 0 Å². The highest BCUT2D eigenvalue weighted by molar-refractivity contribution is 5.91. The van der Waals surface area contributed by atoms with Gasteiger partial charge in [-0.25, -0.2) is 0 Å². The zero-order valence-electron chi connectivity index (χ0n) is 41.9. The van der Waals surface area contributed by atoms with Gasteiger partial charge < -0.3 is 16.0 Å². The lowest BCUT2D eigenvalue weighted by Gasteiger charge is -2.32. The number of nitrogens with one attached hydrogen (secondary N) is 3. The summed E-state index contributed by atoms with van der Waals surface area (Å²) < 4.78 is 0. The monoisotopic (exact) mass is 836 g/mol. The fourth-order valence-corrected chi connectivity index (χ4v) is 7.34. The summed E-state index contributed by atoms with van der Waals surface area (Å²) in [4.78, 5) is 38.1. The van der Waals surface area contributed by atoms with E-state index in [0.29, 0.717) is 0 Å². The van der Waals surface area contributed by atoms with E-state index in [1.54, 1.807) is 0 Å². The van der Waals surface area contributed by atoms with E-state index in [4.69, 9.17) is 0 Å². The van der Waals surface area contributed by atoms with Gasteiger partial charge in [0.2, 0.25) is 0 Å². The molecule has 0 saturated heterocycles. The molecule has 6 nitrogen and oxygen atoms in total. The number of rotatable bonds is 12. The summed E-state index contributed by atoms with van der Waals surface area (Å²) in [6, 6.07) is 26.7. The minimum atomic E-state index is -0.332. The summed E-state index contributed by atoms with van der Waals surface area (Å²) >= 11 is 0. The first kappa shape index (κ1) is 53.4. The van der Waals surface area contributed by atoms with E-state index in [-0.39, 0.29) is 68.3 Å². The van der Waals surface area contributed by atoms with Gasteiger partial charge in [-0.1, -0.05) is 153 Å². The van der Waals surface area contributed by atoms with Crippen LogP contribution in [-0.2, 0) is 33.6 Å². The molecule has 0 radical (unpaired) electrons. The highest BCUT2D eigenvalue weighted by atomic mass is 16.1. The summed E-state index contributed by atoms with van der Waals surface area (Å²) in [5, 5.41) is 10.5. The molecule has 0 spiro atoms. The second-order valence-electron chi connectivity index (χ2n) is 23.4. The Balaban J connectivity index is 0.000000316. The first-order valence-corrected chi connectivity index (χ1v) is 22.5. The van der Waals surface area contributed by atoms with E-state index in [2.05, 4.69) is 152 Å². The molecule has 0 aliphatic heterocycles. The Hall–Kier alpha value is -3.71. The lowest BCUT2D eigenvalue weighted by atomic mass is 9.82. The second kappa shape index (κ2) is 21.6. The van der Waals surface area contributed by atoms with Crippen LogP contribution >= 0.6 is 0 Å². The molecule has 0 amide bonds. The molecule has 1 aliphatic rings. The number of hydrogen-bond donors (Lipinski definition) is 3. The Kier molecular flexibility index (Phi) is 18.9. The van der Waals surface area contributed by atoms with Gasteiger partial charge in [-0.3, -0.25) is 14.4 Å². The molecule has 1 aliphatic carbocycles. The molecule has 0 heterocycles. The van der Waals surface area contributed by atoms with Crippen LogP contribution in [0.5, 0.6) is 0 Å². The van der Waals surface area contributed by atoms with E-state index >= 15 is 0 Å². The Morgan fingerprint density at radius 2 is 0.803 bits per heavy atom. The van der Waals surface area contributed by atoms with Gasteiger partial charge in [0.1, 0.15) is 0 Å². The summed E-state index contributed by atoms with van der Waals surface area (Å²) in [5.41, 5.74) is 6.43. The third kappa shape index (κ3) is 19.9. The summed E-state index contributed by atoms with van der Waals surface area (Å²) in [5.74, 6) is 0.826. The number of fused-ring (bicyclic) bond motifs is 1. The smallest absolute Gasteiger partial charge is 0.155 e. The average molecular weight is 836 g/mol. The van der Waals surface area contributed by atoms with E-state index in [1.807, 2.05) is 80.5 Å². The van der Waals surface area contributed by atoms with Gasteiger partial charge in [0.05, 0.1) is 18.1 Å². The van der Waals surface area contributed by atoms with Crippen LogP contribution in [0.2, 0.25) is 0 Å². The SMILES string of the molecule is CC(C)(C)NC(CC1=CCc2ccccc21)C(=O)C(C)(C)C.CC(C)(C)NC(Cc1ccccc1)C(=O)C(C)(C)C.Cc1ccc(CC(NC(C)(C)C)C(=O)C(C)(C)C)cc1. The van der Waals surface area contributed by atoms with E-state index in [0.717, 1.165) is 25.7 Å². The maximum Gasteiger partial charge on any atom is 0.155 e. The van der Waals surface area contributed by atoms with Crippen molar-refractivity contribution in [2.24, 2.45) is 16.2 Å². The number of hydrogen-bond acceptors (Lipinski definition) is 6. The largest absolute Gasteiger partial charge is 0.302 e. The van der Waals surface area contributed by atoms with Crippen molar-refractivity contribution in [2.45, 2.75) is 192 Å². The molecule has 3 aromatic carbocycles. The molecule has 4 rings (SSSR count). The molecular formula is C55H85N3O3. The number of allylic oxidation sites excluding steroid dienone is 1. The third-order valence-electron chi connectivity index (χ3n) is 10.2. The Morgan fingerprint density at radius 1 is 0.459 bits per heavy atom. The summed E-state index contributed by atoms with van der Waals surface area (Å²) in [6.07, 6.45) is 5.52. The highest BCUT2D eigenvalue weighted by Crippen LogP contribution is 2.33. The molecule has 3 atom stereocenters. The predicted octanol–water partition coefficient (Wildman–Crippen LogP) is 11.9. The number of carbonyl (C=O) groups is 3. The van der Waals surface area contributed by atoms with Crippen molar-refractivity contribution < 1.29 is 14.4 Å². The van der Waals surface area contributed by atoms with Gasteiger partial charge in [0.25, 0.3) is 0 Å². The standard InChI is InChI=1S/C20H29NO.C18H29NO.C17H27NO/c1-19(2,3)18(22)17(21-20(4,5)6)13-15-12-11-14-9-7-8-10-16(14)15;1-13-8-10-14(11-9-13)12-15(19-18(5,6)7)16(20)17(2,3)4;1-16(2,3)15(19)14(18-17(4,5)6)12-13-10-8-7-9-11-13/h7-10,12,17,21H,11,13H2,1-6H3;8-11,15,19H,12H2,1-7H3;7-11,14,18H,12H2,1-6H3. The summed E-state index contributed by atoms with van der Waals surface area (Å²) in [6.45, 7) is 39.0. The Bertz CT molecular complexity index is 1880. The molecule has 0 saturated carbocycles. The fourth-order valence-electron chi connectivity index (χ4n) is 7.34. The van der Waals surface area contributed by atoms with Crippen molar-refractivity contribution in [2.75, 3.05) is 0 Å². The van der Waals surface area contributed by atoms with Crippen LogP contribution in [0, 0.1) is 23.2 Å². The lowest BCUT2D eigenvalue weighted by molar-refractivity contribution is -0.129. The molecular weight excluding hydrogens is 751 g/mol. The van der Waals surface area contributed by atoms with Crippen LogP contribution in [0.25, 0.3) is 5.57 Å². The van der Waals surface area contributed by atoms with Crippen LogP contribution in [0.15, 0.2) is 84.9 Å². The minimum Gasteiger partial charge on any atom is -0.302 e. The third-order valence-corrected chi connectivity index (χ3v) is 10.2. The molecule has 0 aromatic heterocycles. The maximum absolute atomic E-state index is 12.9. The topological polar surface area (TPSA) is 87.3 Å². The number of ketones is 3. The maximum atomic E-state index is 12.9. The number of aryl methyl sites for hydroxylation is 1. The number of carbonyl (C=O) groups excluding carboxylic acids is 3. The van der Waals surface area contributed by atoms with Gasteiger partial charge in [-0.05, 0) is 123 Å². The lowest BCUT2D eigenvalue weighted by Crippen LogP contribution is -2.51. The molecule has 338 valence electrons. The van der Waals surface area contributed by atoms with Crippen molar-refractivity contribution >= 4 is 22.9 Å². The highest BCUT2D eigenvalue weighted by Gasteiger charge is 2.35. The first-order valence-electron chi connectivity index (χ1n) is 22.5. The Morgan fingerprint density at radius 3 is 1.18 bits per heavy atom. The van der Waals surface area contributed by atoms with Crippen molar-refractivity contribution in [3.05, 3.63) is 113 Å². The molecule has 3 unspecified atom stereocenters. The zero-order valence-corrected chi connectivity index (χ0v) is 41.9. The van der Waals surface area contributed by atoms with E-state index in [1.165, 1.54) is 33.4 Å². The summed E-state index contributed by atoms with van der Waals surface area (Å²) in [7, 11) is 0. The number of Topliss-reactive ketones (excluding diaryl/α,β-unsaturated/α-hetero) is 3. The predicted molar refractivity (Wildman–Crippen MR) is 261 cm³/mol. The Labute approximate surface area is 372 Å². The van der Waals surface area contributed by atoms with Crippen molar-refractivity contribution in [1.29, 1.82) is 0 Å². The molecule has 3 aromatic rings. The van der Waals surface area contributed by atoms with Crippen LogP contribution in [0.3, 0.4) is 0 Å². The van der Waals surface area contributed by atoms with Crippen LogP contribution in [-0.4, -0.2) is 52.1 Å². The molecule has 0 bridgehead atoms. The van der Waals surface area contributed by atoms with E-state index in [9.17, 15) is 14.4 Å². The first-order chi connectivity index (χ1) is 27.7. The molecule has 0 fully saturated rings. The van der Waals surface area contributed by atoms with Crippen LogP contribution < -0.4 is 16.0 Å². The normalized spacial score (nSPS) is 14.9. The van der Waals surface area contributed by atoms with Gasteiger partial charge in [-0.15, -0.1) is 0 Å². The van der Waals surface area contributed by atoms with Crippen LogP contribution in [0.4, 0.5) is 0 Å². The van der Waals surface area contributed by atoms with Gasteiger partial charge >= 0.3 is 0 Å². The quantitative estimate of drug-likeness (QED) is 0.168. The number of benzene rings is 3. The molecule has 3 N–H and O–H groups in total.